The van der Waals surface area contributed by atoms with Crippen molar-refractivity contribution in [3.8, 4) is 0 Å². The molecular weight excluding hydrogens is 298 g/mol. The quantitative estimate of drug-likeness (QED) is 0.889. The Labute approximate surface area is 134 Å². The highest BCUT2D eigenvalue weighted by atomic mass is 32.1. The van der Waals surface area contributed by atoms with Gasteiger partial charge in [-0.25, -0.2) is 4.79 Å². The number of carboxylic acid groups (broad SMARTS) is 1. The molecule has 0 unspecified atom stereocenters. The lowest BCUT2D eigenvalue weighted by molar-refractivity contribution is -0.134. The van der Waals surface area contributed by atoms with Gasteiger partial charge in [0.15, 0.2) is 0 Å². The zero-order chi connectivity index (χ0) is 16.1. The van der Waals surface area contributed by atoms with Crippen LogP contribution in [0.2, 0.25) is 0 Å². The van der Waals surface area contributed by atoms with E-state index in [2.05, 4.69) is 0 Å². The van der Waals surface area contributed by atoms with Gasteiger partial charge in [0.1, 0.15) is 0 Å². The minimum Gasteiger partial charge on any atom is -0.478 e. The van der Waals surface area contributed by atoms with E-state index in [9.17, 15) is 9.59 Å². The van der Waals surface area contributed by atoms with Crippen molar-refractivity contribution in [3.05, 3.63) is 57.8 Å². The summed E-state index contributed by atoms with van der Waals surface area (Å²) in [5, 5.41) is 10.9. The second-order valence-corrected chi connectivity index (χ2v) is 6.41. The lowest BCUT2D eigenvalue weighted by Crippen LogP contribution is -2.32. The normalized spacial score (nSPS) is 11.9. The first-order chi connectivity index (χ1) is 10.5. The second kappa shape index (κ2) is 7.22. The molecule has 1 aromatic carbocycles. The van der Waals surface area contributed by atoms with E-state index >= 15 is 0 Å². The highest BCUT2D eigenvalue weighted by molar-refractivity contribution is 7.09. The maximum atomic E-state index is 12.4. The van der Waals surface area contributed by atoms with Crippen molar-refractivity contribution >= 4 is 23.2 Å². The summed E-state index contributed by atoms with van der Waals surface area (Å²) in [6, 6.07) is 10.6. The van der Waals surface area contributed by atoms with Gasteiger partial charge in [0.05, 0.1) is 5.56 Å². The van der Waals surface area contributed by atoms with Crippen molar-refractivity contribution in [2.75, 3.05) is 7.05 Å². The number of aromatic carboxylic acids is 1. The standard InChI is InChI=1S/C17H19NO3S/c1-12(10-15-4-3-9-22-15)16(19)18(2)11-13-5-7-14(8-6-13)17(20)21/h3-9,12H,10-11H2,1-2H3,(H,20,21)/t12-/m1/s1. The Morgan fingerprint density at radius 3 is 2.45 bits per heavy atom. The van der Waals surface area contributed by atoms with Crippen LogP contribution in [-0.2, 0) is 17.8 Å². The molecule has 1 heterocycles. The first-order valence-corrected chi connectivity index (χ1v) is 7.95. The molecule has 1 amide bonds. The van der Waals surface area contributed by atoms with E-state index in [-0.39, 0.29) is 17.4 Å². The molecule has 0 aliphatic rings. The van der Waals surface area contributed by atoms with Gasteiger partial charge in [-0.15, -0.1) is 11.3 Å². The second-order valence-electron chi connectivity index (χ2n) is 5.38. The average molecular weight is 317 g/mol. The molecule has 0 bridgehead atoms. The summed E-state index contributed by atoms with van der Waals surface area (Å²) in [7, 11) is 1.78. The molecule has 0 spiro atoms. The zero-order valence-electron chi connectivity index (χ0n) is 12.7. The van der Waals surface area contributed by atoms with Gasteiger partial charge in [0.25, 0.3) is 0 Å². The van der Waals surface area contributed by atoms with Gasteiger partial charge in [0, 0.05) is 24.4 Å². The molecule has 22 heavy (non-hydrogen) atoms. The van der Waals surface area contributed by atoms with Crippen molar-refractivity contribution in [1.29, 1.82) is 0 Å². The van der Waals surface area contributed by atoms with Crippen molar-refractivity contribution < 1.29 is 14.7 Å². The van der Waals surface area contributed by atoms with Crippen LogP contribution in [0.15, 0.2) is 41.8 Å². The largest absolute Gasteiger partial charge is 0.478 e. The topological polar surface area (TPSA) is 57.6 Å². The number of carbonyl (C=O) groups excluding carboxylic acids is 1. The highest BCUT2D eigenvalue weighted by Gasteiger charge is 2.18. The molecule has 0 aliphatic heterocycles. The molecule has 0 fully saturated rings. The predicted molar refractivity (Wildman–Crippen MR) is 87.1 cm³/mol. The van der Waals surface area contributed by atoms with Gasteiger partial charge < -0.3 is 10.0 Å². The number of rotatable bonds is 6. The minimum absolute atomic E-state index is 0.0676. The molecule has 1 aromatic heterocycles. The molecule has 0 aliphatic carbocycles. The summed E-state index contributed by atoms with van der Waals surface area (Å²) in [4.78, 5) is 26.1. The molecule has 116 valence electrons. The van der Waals surface area contributed by atoms with Crippen LogP contribution in [0.5, 0.6) is 0 Å². The minimum atomic E-state index is -0.944. The van der Waals surface area contributed by atoms with Crippen LogP contribution in [0.25, 0.3) is 0 Å². The Morgan fingerprint density at radius 1 is 1.23 bits per heavy atom. The lowest BCUT2D eigenvalue weighted by Gasteiger charge is -2.21. The van der Waals surface area contributed by atoms with Gasteiger partial charge in [0.2, 0.25) is 5.91 Å². The maximum absolute atomic E-state index is 12.4. The first kappa shape index (κ1) is 16.2. The number of hydrogen-bond donors (Lipinski definition) is 1. The molecule has 0 saturated carbocycles. The fourth-order valence-corrected chi connectivity index (χ4v) is 3.13. The number of amides is 1. The third-order valence-corrected chi connectivity index (χ3v) is 4.40. The van der Waals surface area contributed by atoms with E-state index in [1.165, 1.54) is 4.88 Å². The third kappa shape index (κ3) is 4.18. The van der Waals surface area contributed by atoms with Crippen LogP contribution in [0.4, 0.5) is 0 Å². The van der Waals surface area contributed by atoms with Crippen LogP contribution in [-0.4, -0.2) is 28.9 Å². The average Bonchev–Trinajstić information content (AvgIpc) is 2.99. The van der Waals surface area contributed by atoms with Gasteiger partial charge in [-0.1, -0.05) is 25.1 Å². The van der Waals surface area contributed by atoms with Crippen LogP contribution in [0, 0.1) is 5.92 Å². The number of hydrogen-bond acceptors (Lipinski definition) is 3. The van der Waals surface area contributed by atoms with Gasteiger partial charge in [-0.2, -0.15) is 0 Å². The van der Waals surface area contributed by atoms with E-state index in [0.717, 1.165) is 12.0 Å². The smallest absolute Gasteiger partial charge is 0.335 e. The Balaban J connectivity index is 1.94. The number of nitrogens with zero attached hydrogens (tertiary/aromatic N) is 1. The van der Waals surface area contributed by atoms with E-state index in [1.54, 1.807) is 47.5 Å². The number of carboxylic acids is 1. The summed E-state index contributed by atoms with van der Waals surface area (Å²) in [5.74, 6) is -0.918. The molecule has 2 rings (SSSR count). The summed E-state index contributed by atoms with van der Waals surface area (Å²) in [6.45, 7) is 2.42. The van der Waals surface area contributed by atoms with Crippen LogP contribution < -0.4 is 0 Å². The summed E-state index contributed by atoms with van der Waals surface area (Å²) >= 11 is 1.66. The van der Waals surface area contributed by atoms with Crippen molar-refractivity contribution in [1.82, 2.24) is 4.90 Å². The third-order valence-electron chi connectivity index (χ3n) is 3.51. The monoisotopic (exact) mass is 317 g/mol. The highest BCUT2D eigenvalue weighted by Crippen LogP contribution is 2.17. The molecule has 1 atom stereocenters. The van der Waals surface area contributed by atoms with E-state index in [1.807, 2.05) is 24.4 Å². The molecule has 1 N–H and O–H groups in total. The van der Waals surface area contributed by atoms with Crippen molar-refractivity contribution in [2.24, 2.45) is 5.92 Å². The number of benzene rings is 1. The molecule has 4 nitrogen and oxygen atoms in total. The van der Waals surface area contributed by atoms with E-state index in [4.69, 9.17) is 5.11 Å². The SMILES string of the molecule is C[C@H](Cc1cccs1)C(=O)N(C)Cc1ccc(C(=O)O)cc1. The van der Waals surface area contributed by atoms with E-state index < -0.39 is 5.97 Å². The fraction of sp³-hybridized carbons (Fsp3) is 0.294. The lowest BCUT2D eigenvalue weighted by atomic mass is 10.0. The Kier molecular flexibility index (Phi) is 5.33. The molecule has 2 aromatic rings. The van der Waals surface area contributed by atoms with Gasteiger partial charge in [-0.3, -0.25) is 4.79 Å². The number of carbonyl (C=O) groups is 2. The van der Waals surface area contributed by atoms with Crippen molar-refractivity contribution in [3.63, 3.8) is 0 Å². The predicted octanol–water partition coefficient (Wildman–Crippen LogP) is 3.28. The van der Waals surface area contributed by atoms with Crippen LogP contribution in [0.3, 0.4) is 0 Å². The van der Waals surface area contributed by atoms with Crippen LogP contribution in [0.1, 0.15) is 27.7 Å². The van der Waals surface area contributed by atoms with Gasteiger partial charge >= 0.3 is 5.97 Å². The molecular formula is C17H19NO3S. The Morgan fingerprint density at radius 2 is 1.91 bits per heavy atom. The molecule has 0 saturated heterocycles. The van der Waals surface area contributed by atoms with E-state index in [0.29, 0.717) is 6.54 Å². The van der Waals surface area contributed by atoms with Gasteiger partial charge in [-0.05, 0) is 35.6 Å². The molecule has 0 radical (unpaired) electrons. The molecule has 5 heteroatoms. The Bertz CT molecular complexity index is 634. The summed E-state index contributed by atoms with van der Waals surface area (Å²) in [5.41, 5.74) is 1.17. The number of thiophene rings is 1. The summed E-state index contributed by atoms with van der Waals surface area (Å²) in [6.07, 6.45) is 0.749. The van der Waals surface area contributed by atoms with Crippen molar-refractivity contribution in [2.45, 2.75) is 19.9 Å². The maximum Gasteiger partial charge on any atom is 0.335 e. The zero-order valence-corrected chi connectivity index (χ0v) is 13.5. The Hall–Kier alpha value is -2.14. The first-order valence-electron chi connectivity index (χ1n) is 7.07. The van der Waals surface area contributed by atoms with Crippen LogP contribution >= 0.6 is 11.3 Å². The summed E-state index contributed by atoms with van der Waals surface area (Å²) < 4.78 is 0. The fourth-order valence-electron chi connectivity index (χ4n) is 2.30.